The van der Waals surface area contributed by atoms with Gasteiger partial charge in [0.05, 0.1) is 17.7 Å². The fourth-order valence-corrected chi connectivity index (χ4v) is 3.94. The van der Waals surface area contributed by atoms with Gasteiger partial charge in [0.25, 0.3) is 5.91 Å². The molecule has 0 saturated carbocycles. The summed E-state index contributed by atoms with van der Waals surface area (Å²) in [6.45, 7) is 4.94. The highest BCUT2D eigenvalue weighted by Crippen LogP contribution is 2.39. The van der Waals surface area contributed by atoms with Crippen LogP contribution >= 0.6 is 0 Å². The molecule has 4 aromatic rings. The van der Waals surface area contributed by atoms with Crippen LogP contribution in [0.15, 0.2) is 66.9 Å². The lowest BCUT2D eigenvalue weighted by Crippen LogP contribution is -2.23. The van der Waals surface area contributed by atoms with Crippen molar-refractivity contribution in [2.75, 3.05) is 13.2 Å². The van der Waals surface area contributed by atoms with Crippen LogP contribution in [-0.4, -0.2) is 35.1 Å². The zero-order chi connectivity index (χ0) is 23.4. The molecule has 0 aliphatic carbocycles. The first-order chi connectivity index (χ1) is 16.0. The number of rotatable bonds is 8. The first-order valence-electron chi connectivity index (χ1n) is 11.0. The number of amides is 1. The molecular formula is C27H26N2O4. The van der Waals surface area contributed by atoms with Crippen molar-refractivity contribution < 1.29 is 19.4 Å². The van der Waals surface area contributed by atoms with Crippen molar-refractivity contribution in [1.82, 2.24) is 10.3 Å². The number of fused-ring (bicyclic) bond motifs is 1. The molecule has 3 aromatic carbocycles. The van der Waals surface area contributed by atoms with E-state index in [1.807, 2.05) is 56.4 Å². The quantitative estimate of drug-likeness (QED) is 0.325. The zero-order valence-electron chi connectivity index (χ0n) is 18.6. The molecular weight excluding hydrogens is 416 g/mol. The third-order valence-electron chi connectivity index (χ3n) is 5.48. The van der Waals surface area contributed by atoms with Crippen LogP contribution in [0.1, 0.15) is 41.0 Å². The molecule has 0 aliphatic heterocycles. The lowest BCUT2D eigenvalue weighted by Gasteiger charge is -2.16. The Morgan fingerprint density at radius 3 is 2.48 bits per heavy atom. The summed E-state index contributed by atoms with van der Waals surface area (Å²) >= 11 is 0. The predicted octanol–water partition coefficient (Wildman–Crippen LogP) is 5.74. The second-order valence-electron chi connectivity index (χ2n) is 7.73. The minimum Gasteiger partial charge on any atom is -0.494 e. The summed E-state index contributed by atoms with van der Waals surface area (Å²) in [6, 6.07) is 18.3. The van der Waals surface area contributed by atoms with E-state index in [2.05, 4.69) is 10.3 Å². The van der Waals surface area contributed by atoms with Gasteiger partial charge in [0.1, 0.15) is 5.75 Å². The molecule has 0 unspecified atom stereocenters. The summed E-state index contributed by atoms with van der Waals surface area (Å²) < 4.78 is 5.76. The average Bonchev–Trinajstić information content (AvgIpc) is 3.26. The molecule has 3 N–H and O–H groups in total. The topological polar surface area (TPSA) is 91.4 Å². The number of nitrogens with one attached hydrogen (secondary N) is 2. The number of para-hydroxylation sites is 1. The Kier molecular flexibility index (Phi) is 6.45. The maximum absolute atomic E-state index is 13.0. The molecule has 0 fully saturated rings. The summed E-state index contributed by atoms with van der Waals surface area (Å²) in [5, 5.41) is 13.5. The Balaban J connectivity index is 1.95. The Hall–Kier alpha value is -4.06. The first-order valence-corrected chi connectivity index (χ1v) is 11.0. The van der Waals surface area contributed by atoms with Gasteiger partial charge in [-0.25, -0.2) is 4.79 Å². The molecule has 0 atom stereocenters. The fraction of sp³-hybridized carbons (Fsp3) is 0.185. The first kappa shape index (κ1) is 22.1. The molecule has 168 valence electrons. The van der Waals surface area contributed by atoms with Gasteiger partial charge in [-0.2, -0.15) is 0 Å². The number of aromatic nitrogens is 1. The maximum Gasteiger partial charge on any atom is 0.335 e. The molecule has 0 bridgehead atoms. The van der Waals surface area contributed by atoms with E-state index in [-0.39, 0.29) is 11.5 Å². The van der Waals surface area contributed by atoms with Crippen molar-refractivity contribution in [2.45, 2.75) is 20.3 Å². The van der Waals surface area contributed by atoms with Gasteiger partial charge in [0, 0.05) is 29.2 Å². The number of aromatic carboxylic acids is 1. The van der Waals surface area contributed by atoms with Gasteiger partial charge < -0.3 is 20.1 Å². The fourth-order valence-electron chi connectivity index (χ4n) is 3.94. The molecule has 0 radical (unpaired) electrons. The second kappa shape index (κ2) is 9.61. The number of carboxylic acid groups (broad SMARTS) is 1. The third-order valence-corrected chi connectivity index (χ3v) is 5.48. The SMILES string of the molecule is CCCOc1ccc(-c2ccc(C(=O)O)cc2-c2c[nH]c3ccccc23)c(C(=O)NCC)c1. The summed E-state index contributed by atoms with van der Waals surface area (Å²) in [6.07, 6.45) is 2.74. The number of carbonyl (C=O) groups excluding carboxylic acids is 1. The van der Waals surface area contributed by atoms with Crippen molar-refractivity contribution in [3.05, 3.63) is 78.0 Å². The van der Waals surface area contributed by atoms with E-state index in [1.54, 1.807) is 24.3 Å². The number of carboxylic acids is 1. The van der Waals surface area contributed by atoms with Crippen molar-refractivity contribution in [1.29, 1.82) is 0 Å². The number of H-pyrrole nitrogens is 1. The Morgan fingerprint density at radius 2 is 1.73 bits per heavy atom. The highest BCUT2D eigenvalue weighted by atomic mass is 16.5. The van der Waals surface area contributed by atoms with E-state index in [0.29, 0.717) is 30.0 Å². The highest BCUT2D eigenvalue weighted by Gasteiger charge is 2.20. The molecule has 4 rings (SSSR count). The van der Waals surface area contributed by atoms with E-state index in [1.165, 1.54) is 0 Å². The lowest BCUT2D eigenvalue weighted by molar-refractivity contribution is 0.0696. The number of carbonyl (C=O) groups is 2. The van der Waals surface area contributed by atoms with Crippen LogP contribution < -0.4 is 10.1 Å². The number of ether oxygens (including phenoxy) is 1. The number of hydrogen-bond acceptors (Lipinski definition) is 3. The van der Waals surface area contributed by atoms with Gasteiger partial charge in [0.2, 0.25) is 0 Å². The van der Waals surface area contributed by atoms with Crippen LogP contribution in [0, 0.1) is 0 Å². The van der Waals surface area contributed by atoms with E-state index >= 15 is 0 Å². The Bertz CT molecular complexity index is 1320. The van der Waals surface area contributed by atoms with Gasteiger partial charge >= 0.3 is 5.97 Å². The lowest BCUT2D eigenvalue weighted by atomic mass is 9.90. The molecule has 1 aromatic heterocycles. The number of benzene rings is 3. The minimum atomic E-state index is -1.00. The molecule has 6 nitrogen and oxygen atoms in total. The second-order valence-corrected chi connectivity index (χ2v) is 7.73. The van der Waals surface area contributed by atoms with Crippen molar-refractivity contribution in [3.8, 4) is 28.0 Å². The summed E-state index contributed by atoms with van der Waals surface area (Å²) in [4.78, 5) is 28.0. The molecule has 0 saturated heterocycles. The van der Waals surface area contributed by atoms with Gasteiger partial charge in [-0.1, -0.05) is 31.2 Å². The molecule has 33 heavy (non-hydrogen) atoms. The van der Waals surface area contributed by atoms with Crippen molar-refractivity contribution in [3.63, 3.8) is 0 Å². The van der Waals surface area contributed by atoms with Crippen molar-refractivity contribution in [2.24, 2.45) is 0 Å². The molecule has 1 amide bonds. The number of hydrogen-bond donors (Lipinski definition) is 3. The van der Waals surface area contributed by atoms with E-state index in [9.17, 15) is 14.7 Å². The highest BCUT2D eigenvalue weighted by molar-refractivity contribution is 6.06. The van der Waals surface area contributed by atoms with Crippen molar-refractivity contribution >= 4 is 22.8 Å². The summed E-state index contributed by atoms with van der Waals surface area (Å²) in [7, 11) is 0. The standard InChI is InChI=1S/C27H26N2O4/c1-3-13-33-18-10-12-20(23(15-18)26(30)28-4-2)19-11-9-17(27(31)32)14-22(19)24-16-29-25-8-6-5-7-21(24)25/h5-12,14-16,29H,3-4,13H2,1-2H3,(H,28,30)(H,31,32). The zero-order valence-corrected chi connectivity index (χ0v) is 18.6. The summed E-state index contributed by atoms with van der Waals surface area (Å²) in [5.74, 6) is -0.589. The smallest absolute Gasteiger partial charge is 0.335 e. The van der Waals surface area contributed by atoms with Crippen LogP contribution in [0.5, 0.6) is 5.75 Å². The largest absolute Gasteiger partial charge is 0.494 e. The van der Waals surface area contributed by atoms with E-state index in [0.717, 1.165) is 34.0 Å². The predicted molar refractivity (Wildman–Crippen MR) is 130 cm³/mol. The Labute approximate surface area is 192 Å². The van der Waals surface area contributed by atoms with Crippen LogP contribution in [0.25, 0.3) is 33.2 Å². The molecule has 6 heteroatoms. The molecule has 0 aliphatic rings. The maximum atomic E-state index is 13.0. The Morgan fingerprint density at radius 1 is 0.939 bits per heavy atom. The monoisotopic (exact) mass is 442 g/mol. The normalized spacial score (nSPS) is 10.8. The van der Waals surface area contributed by atoms with Gasteiger partial charge in [0.15, 0.2) is 0 Å². The third kappa shape index (κ3) is 4.46. The van der Waals surface area contributed by atoms with Gasteiger partial charge in [-0.05, 0) is 66.4 Å². The van der Waals surface area contributed by atoms with Crippen LogP contribution in [0.2, 0.25) is 0 Å². The summed E-state index contributed by atoms with van der Waals surface area (Å²) in [5.41, 5.74) is 4.70. The molecule has 1 heterocycles. The van der Waals surface area contributed by atoms with E-state index < -0.39 is 5.97 Å². The number of aromatic amines is 1. The van der Waals surface area contributed by atoms with Crippen LogP contribution in [0.4, 0.5) is 0 Å². The molecule has 0 spiro atoms. The van der Waals surface area contributed by atoms with E-state index in [4.69, 9.17) is 4.74 Å². The average molecular weight is 443 g/mol. The minimum absolute atomic E-state index is 0.182. The van der Waals surface area contributed by atoms with Crippen LogP contribution in [0.3, 0.4) is 0 Å². The van der Waals surface area contributed by atoms with Gasteiger partial charge in [-0.3, -0.25) is 4.79 Å². The van der Waals surface area contributed by atoms with Gasteiger partial charge in [-0.15, -0.1) is 0 Å². The van der Waals surface area contributed by atoms with Crippen LogP contribution in [-0.2, 0) is 0 Å².